The van der Waals surface area contributed by atoms with Crippen molar-refractivity contribution in [2.45, 2.75) is 50.0 Å². The van der Waals surface area contributed by atoms with Crippen LogP contribution in [0.3, 0.4) is 0 Å². The zero-order valence-corrected chi connectivity index (χ0v) is 14.3. The molecule has 1 spiro atoms. The highest BCUT2D eigenvalue weighted by Gasteiger charge is 2.57. The van der Waals surface area contributed by atoms with Gasteiger partial charge in [-0.3, -0.25) is 4.90 Å². The fourth-order valence-corrected chi connectivity index (χ4v) is 4.61. The van der Waals surface area contributed by atoms with Crippen molar-refractivity contribution in [3.8, 4) is 0 Å². The zero-order valence-electron chi connectivity index (χ0n) is 14.3. The highest BCUT2D eigenvalue weighted by molar-refractivity contribution is 5.69. The summed E-state index contributed by atoms with van der Waals surface area (Å²) in [6, 6.07) is 11.2. The molecule has 0 N–H and O–H groups in total. The monoisotopic (exact) mass is 330 g/mol. The molecule has 1 unspecified atom stereocenters. The van der Waals surface area contributed by atoms with E-state index in [2.05, 4.69) is 17.0 Å². The van der Waals surface area contributed by atoms with E-state index in [1.54, 1.807) is 4.90 Å². The van der Waals surface area contributed by atoms with Gasteiger partial charge in [-0.2, -0.15) is 0 Å². The van der Waals surface area contributed by atoms with E-state index in [9.17, 15) is 4.79 Å². The van der Waals surface area contributed by atoms with Gasteiger partial charge in [0, 0.05) is 26.2 Å². The van der Waals surface area contributed by atoms with Crippen LogP contribution in [-0.4, -0.2) is 60.3 Å². The minimum absolute atomic E-state index is 0.160. The number of likely N-dealkylation sites (N-methyl/N-ethyl adjacent to an activating group) is 1. The van der Waals surface area contributed by atoms with Gasteiger partial charge in [0.05, 0.1) is 19.3 Å². The van der Waals surface area contributed by atoms with Crippen LogP contribution in [0.15, 0.2) is 30.3 Å². The Morgan fingerprint density at radius 3 is 2.75 bits per heavy atom. The molecule has 0 radical (unpaired) electrons. The molecule has 3 saturated heterocycles. The number of rotatable bonds is 5. The van der Waals surface area contributed by atoms with Gasteiger partial charge in [-0.15, -0.1) is 0 Å². The molecular formula is C19H26N2O3. The van der Waals surface area contributed by atoms with Crippen LogP contribution in [0.1, 0.15) is 31.2 Å². The van der Waals surface area contributed by atoms with Crippen LogP contribution in [0, 0.1) is 0 Å². The van der Waals surface area contributed by atoms with Gasteiger partial charge in [0.2, 0.25) is 0 Å². The third-order valence-corrected chi connectivity index (χ3v) is 5.93. The van der Waals surface area contributed by atoms with E-state index in [-0.39, 0.29) is 11.7 Å². The summed E-state index contributed by atoms with van der Waals surface area (Å²) < 4.78 is 11.8. The molecule has 0 aromatic heterocycles. The average molecular weight is 330 g/mol. The number of fused-ring (bicyclic) bond motifs is 2. The smallest absolute Gasteiger partial charge is 0.410 e. The molecule has 5 rings (SSSR count). The summed E-state index contributed by atoms with van der Waals surface area (Å²) in [4.78, 5) is 16.3. The number of piperidine rings is 2. The molecule has 4 aliphatic rings. The second-order valence-electron chi connectivity index (χ2n) is 7.34. The van der Waals surface area contributed by atoms with Gasteiger partial charge < -0.3 is 14.4 Å². The van der Waals surface area contributed by atoms with E-state index in [0.717, 1.165) is 45.4 Å². The topological polar surface area (TPSA) is 42.0 Å². The van der Waals surface area contributed by atoms with E-state index in [4.69, 9.17) is 9.47 Å². The number of amides is 1. The summed E-state index contributed by atoms with van der Waals surface area (Å²) in [6.07, 6.45) is 4.14. The Hall–Kier alpha value is -1.59. The SMILES string of the molecule is CN1CC2N(CCOCc3ccccc3)C3CCC2(CC3)OC1=O. The number of hydrogen-bond donors (Lipinski definition) is 0. The fraction of sp³-hybridized carbons (Fsp3) is 0.632. The van der Waals surface area contributed by atoms with Gasteiger partial charge in [-0.25, -0.2) is 4.79 Å². The Morgan fingerprint density at radius 1 is 1.25 bits per heavy atom. The normalized spacial score (nSPS) is 32.5. The van der Waals surface area contributed by atoms with Crippen molar-refractivity contribution >= 4 is 6.09 Å². The molecule has 130 valence electrons. The maximum absolute atomic E-state index is 12.0. The Kier molecular flexibility index (Phi) is 4.22. The lowest BCUT2D eigenvalue weighted by Gasteiger charge is -2.60. The minimum atomic E-state index is -0.252. The van der Waals surface area contributed by atoms with Crippen LogP contribution in [0.4, 0.5) is 4.79 Å². The van der Waals surface area contributed by atoms with Crippen LogP contribution in [0.2, 0.25) is 0 Å². The predicted octanol–water partition coefficient (Wildman–Crippen LogP) is 2.65. The first-order valence-corrected chi connectivity index (χ1v) is 8.99. The summed E-state index contributed by atoms with van der Waals surface area (Å²) in [5.74, 6) is 0. The molecule has 1 aliphatic carbocycles. The summed E-state index contributed by atoms with van der Waals surface area (Å²) in [5, 5.41) is 0. The lowest BCUT2D eigenvalue weighted by atomic mass is 9.70. The molecule has 1 atom stereocenters. The van der Waals surface area contributed by atoms with E-state index < -0.39 is 0 Å². The summed E-state index contributed by atoms with van der Waals surface area (Å²) >= 11 is 0. The molecule has 4 fully saturated rings. The number of carbonyl (C=O) groups is 1. The first kappa shape index (κ1) is 15.9. The summed E-state index contributed by atoms with van der Waals surface area (Å²) in [7, 11) is 1.83. The van der Waals surface area contributed by atoms with Crippen molar-refractivity contribution in [1.29, 1.82) is 0 Å². The van der Waals surface area contributed by atoms with E-state index >= 15 is 0 Å². The molecule has 1 aromatic carbocycles. The number of ether oxygens (including phenoxy) is 2. The molecular weight excluding hydrogens is 304 g/mol. The highest BCUT2D eigenvalue weighted by atomic mass is 16.6. The van der Waals surface area contributed by atoms with Gasteiger partial charge in [0.25, 0.3) is 0 Å². The molecule has 5 nitrogen and oxygen atoms in total. The average Bonchev–Trinajstić information content (AvgIpc) is 2.61. The molecule has 3 aliphatic heterocycles. The molecule has 3 heterocycles. The predicted molar refractivity (Wildman–Crippen MR) is 90.7 cm³/mol. The molecule has 1 saturated carbocycles. The Morgan fingerprint density at radius 2 is 2.00 bits per heavy atom. The van der Waals surface area contributed by atoms with E-state index in [0.29, 0.717) is 18.7 Å². The Balaban J connectivity index is 1.37. The van der Waals surface area contributed by atoms with Crippen LogP contribution in [0.5, 0.6) is 0 Å². The Bertz CT molecular complexity index is 584. The maximum atomic E-state index is 12.0. The first-order valence-electron chi connectivity index (χ1n) is 8.99. The summed E-state index contributed by atoms with van der Waals surface area (Å²) in [6.45, 7) is 3.06. The third kappa shape index (κ3) is 2.80. The van der Waals surface area contributed by atoms with Crippen molar-refractivity contribution in [1.82, 2.24) is 9.80 Å². The quantitative estimate of drug-likeness (QED) is 0.779. The standard InChI is InChI=1S/C19H26N2O3/c1-20-13-17-19(24-18(20)22)9-7-16(8-10-19)21(17)11-12-23-14-15-5-3-2-4-6-15/h2-6,16-17H,7-14H2,1H3. The molecule has 1 amide bonds. The van der Waals surface area contributed by atoms with Crippen LogP contribution in [0.25, 0.3) is 0 Å². The van der Waals surface area contributed by atoms with Gasteiger partial charge in [0.1, 0.15) is 5.60 Å². The van der Waals surface area contributed by atoms with E-state index in [1.165, 1.54) is 5.56 Å². The van der Waals surface area contributed by atoms with Crippen LogP contribution in [-0.2, 0) is 16.1 Å². The van der Waals surface area contributed by atoms with Gasteiger partial charge in [-0.05, 0) is 31.2 Å². The molecule has 5 heteroatoms. The highest BCUT2D eigenvalue weighted by Crippen LogP contribution is 2.47. The van der Waals surface area contributed by atoms with Gasteiger partial charge in [-0.1, -0.05) is 30.3 Å². The van der Waals surface area contributed by atoms with Crippen LogP contribution >= 0.6 is 0 Å². The largest absolute Gasteiger partial charge is 0.441 e. The van der Waals surface area contributed by atoms with Crippen LogP contribution < -0.4 is 0 Å². The lowest BCUT2D eigenvalue weighted by molar-refractivity contribution is -0.177. The van der Waals surface area contributed by atoms with Crippen molar-refractivity contribution in [2.24, 2.45) is 0 Å². The third-order valence-electron chi connectivity index (χ3n) is 5.93. The van der Waals surface area contributed by atoms with Gasteiger partial charge >= 0.3 is 6.09 Å². The Labute approximate surface area is 143 Å². The second kappa shape index (κ2) is 6.37. The number of benzene rings is 1. The second-order valence-corrected chi connectivity index (χ2v) is 7.34. The zero-order chi connectivity index (χ0) is 16.6. The van der Waals surface area contributed by atoms with Crippen molar-refractivity contribution in [2.75, 3.05) is 26.7 Å². The molecule has 24 heavy (non-hydrogen) atoms. The minimum Gasteiger partial charge on any atom is -0.441 e. The van der Waals surface area contributed by atoms with Crippen molar-refractivity contribution < 1.29 is 14.3 Å². The first-order chi connectivity index (χ1) is 11.7. The number of nitrogens with zero attached hydrogens (tertiary/aromatic N) is 2. The fourth-order valence-electron chi connectivity index (χ4n) is 4.61. The van der Waals surface area contributed by atoms with Crippen molar-refractivity contribution in [3.63, 3.8) is 0 Å². The van der Waals surface area contributed by atoms with Crippen molar-refractivity contribution in [3.05, 3.63) is 35.9 Å². The van der Waals surface area contributed by atoms with Gasteiger partial charge in [0.15, 0.2) is 0 Å². The maximum Gasteiger partial charge on any atom is 0.410 e. The number of hydrogen-bond acceptors (Lipinski definition) is 4. The lowest BCUT2D eigenvalue weighted by Crippen LogP contribution is -2.72. The number of carbonyl (C=O) groups excluding carboxylic acids is 1. The summed E-state index contributed by atoms with van der Waals surface area (Å²) in [5.41, 5.74) is 0.957. The van der Waals surface area contributed by atoms with E-state index in [1.807, 2.05) is 25.2 Å². The molecule has 2 bridgehead atoms. The molecule has 1 aromatic rings.